The summed E-state index contributed by atoms with van der Waals surface area (Å²) in [6.45, 7) is 0. The zero-order valence-corrected chi connectivity index (χ0v) is 10.6. The third-order valence-electron chi connectivity index (χ3n) is 2.89. The molecule has 0 unspecified atom stereocenters. The number of aliphatic hydroxyl groups excluding tert-OH is 1. The number of fused-ring (bicyclic) bond motifs is 1. The Morgan fingerprint density at radius 1 is 1.22 bits per heavy atom. The maximum atomic E-state index is 8.73. The molecule has 18 heavy (non-hydrogen) atoms. The lowest BCUT2D eigenvalue weighted by molar-refractivity contribution is 0.183. The van der Waals surface area contributed by atoms with E-state index in [1.807, 2.05) is 0 Å². The minimum Gasteiger partial charge on any atom is -0.393 e. The molecule has 1 aliphatic rings. The van der Waals surface area contributed by atoms with Gasteiger partial charge in [-0.3, -0.25) is 4.98 Å². The summed E-state index contributed by atoms with van der Waals surface area (Å²) in [6.07, 6.45) is 7.85. The maximum Gasteiger partial charge on any atom is 0.161 e. The van der Waals surface area contributed by atoms with E-state index in [1.165, 1.54) is 12.8 Å². The Bertz CT molecular complexity index is 488. The first kappa shape index (κ1) is 13.0. The summed E-state index contributed by atoms with van der Waals surface area (Å²) in [7, 11) is 0. The highest BCUT2D eigenvalue weighted by molar-refractivity contribution is 6.34. The number of nitrogen functional groups attached to an aromatic ring is 1. The average Bonchev–Trinajstić information content (AvgIpc) is 2.86. The summed E-state index contributed by atoms with van der Waals surface area (Å²) in [4.78, 5) is 3.91. The first-order valence-corrected chi connectivity index (χ1v) is 6.25. The SMILES string of the molecule is Nc1nnc(Cl)c2cnccc12.OC1CCCC1. The molecule has 0 radical (unpaired) electrons. The van der Waals surface area contributed by atoms with Crippen LogP contribution in [-0.4, -0.2) is 26.4 Å². The van der Waals surface area contributed by atoms with Crippen LogP contribution < -0.4 is 5.73 Å². The highest BCUT2D eigenvalue weighted by Crippen LogP contribution is 2.22. The van der Waals surface area contributed by atoms with Crippen LogP contribution in [0, 0.1) is 0 Å². The lowest BCUT2D eigenvalue weighted by Crippen LogP contribution is -1.95. The summed E-state index contributed by atoms with van der Waals surface area (Å²) in [5.41, 5.74) is 5.57. The summed E-state index contributed by atoms with van der Waals surface area (Å²) >= 11 is 5.76. The molecule has 96 valence electrons. The fraction of sp³-hybridized carbons (Fsp3) is 0.417. The van der Waals surface area contributed by atoms with Gasteiger partial charge in [0.1, 0.15) is 0 Å². The Kier molecular flexibility index (Phi) is 4.28. The van der Waals surface area contributed by atoms with Crippen LogP contribution in [0.15, 0.2) is 18.5 Å². The summed E-state index contributed by atoms with van der Waals surface area (Å²) in [5.74, 6) is 0.372. The Hall–Kier alpha value is -1.46. The molecule has 6 heteroatoms. The van der Waals surface area contributed by atoms with Crippen LogP contribution in [0.4, 0.5) is 5.82 Å². The van der Waals surface area contributed by atoms with Crippen molar-refractivity contribution in [3.05, 3.63) is 23.6 Å². The van der Waals surface area contributed by atoms with Crippen LogP contribution in [0.1, 0.15) is 25.7 Å². The van der Waals surface area contributed by atoms with Crippen molar-refractivity contribution in [3.8, 4) is 0 Å². The fourth-order valence-corrected chi connectivity index (χ4v) is 2.08. The Balaban J connectivity index is 0.000000169. The first-order valence-electron chi connectivity index (χ1n) is 5.88. The highest BCUT2D eigenvalue weighted by Gasteiger charge is 2.09. The second kappa shape index (κ2) is 5.93. The predicted octanol–water partition coefficient (Wildman–Crippen LogP) is 2.18. The lowest BCUT2D eigenvalue weighted by Gasteiger charge is -1.99. The minimum absolute atomic E-state index is 0.0463. The second-order valence-electron chi connectivity index (χ2n) is 4.24. The van der Waals surface area contributed by atoms with E-state index >= 15 is 0 Å². The van der Waals surface area contributed by atoms with Gasteiger partial charge in [-0.1, -0.05) is 24.4 Å². The van der Waals surface area contributed by atoms with Gasteiger partial charge in [0.2, 0.25) is 0 Å². The van der Waals surface area contributed by atoms with Gasteiger partial charge in [0, 0.05) is 23.2 Å². The number of aromatic nitrogens is 3. The van der Waals surface area contributed by atoms with E-state index in [9.17, 15) is 0 Å². The number of hydrogen-bond acceptors (Lipinski definition) is 5. The van der Waals surface area contributed by atoms with Crippen molar-refractivity contribution in [1.82, 2.24) is 15.2 Å². The maximum absolute atomic E-state index is 8.73. The topological polar surface area (TPSA) is 84.9 Å². The molecule has 0 spiro atoms. The molecule has 0 atom stereocenters. The van der Waals surface area contributed by atoms with Crippen LogP contribution in [0.3, 0.4) is 0 Å². The Morgan fingerprint density at radius 2 is 1.94 bits per heavy atom. The standard InChI is InChI=1S/C7H5ClN4.C5H10O/c8-6-5-3-10-2-1-4(5)7(9)12-11-6;6-5-3-1-2-4-5/h1-3H,(H2,9,12);5-6H,1-4H2. The quantitative estimate of drug-likeness (QED) is 0.763. The first-order chi connectivity index (χ1) is 8.68. The molecule has 1 saturated carbocycles. The van der Waals surface area contributed by atoms with Crippen molar-refractivity contribution >= 4 is 28.2 Å². The van der Waals surface area contributed by atoms with Crippen molar-refractivity contribution in [1.29, 1.82) is 0 Å². The molecule has 2 aromatic heterocycles. The number of rotatable bonds is 0. The van der Waals surface area contributed by atoms with Gasteiger partial charge in [-0.15, -0.1) is 10.2 Å². The minimum atomic E-state index is 0.0463. The Morgan fingerprint density at radius 3 is 2.50 bits per heavy atom. The van der Waals surface area contributed by atoms with Crippen LogP contribution >= 0.6 is 11.6 Å². The Labute approximate surface area is 110 Å². The monoisotopic (exact) mass is 266 g/mol. The molecular formula is C12H15ClN4O. The predicted molar refractivity (Wildman–Crippen MR) is 71.2 cm³/mol. The van der Waals surface area contributed by atoms with Crippen molar-refractivity contribution in [2.45, 2.75) is 31.8 Å². The molecule has 0 aliphatic heterocycles. The van der Waals surface area contributed by atoms with E-state index in [0.29, 0.717) is 11.0 Å². The zero-order chi connectivity index (χ0) is 13.0. The third kappa shape index (κ3) is 3.05. The summed E-state index contributed by atoms with van der Waals surface area (Å²) in [6, 6.07) is 1.76. The largest absolute Gasteiger partial charge is 0.393 e. The molecule has 0 amide bonds. The fourth-order valence-electron chi connectivity index (χ4n) is 1.89. The molecule has 0 aromatic carbocycles. The van der Waals surface area contributed by atoms with Gasteiger partial charge in [-0.2, -0.15) is 0 Å². The molecule has 0 saturated heterocycles. The number of aliphatic hydroxyl groups is 1. The van der Waals surface area contributed by atoms with Crippen molar-refractivity contribution < 1.29 is 5.11 Å². The smallest absolute Gasteiger partial charge is 0.161 e. The van der Waals surface area contributed by atoms with Crippen LogP contribution in [0.2, 0.25) is 5.15 Å². The highest BCUT2D eigenvalue weighted by atomic mass is 35.5. The van der Waals surface area contributed by atoms with Gasteiger partial charge in [0.25, 0.3) is 0 Å². The molecule has 2 heterocycles. The van der Waals surface area contributed by atoms with E-state index < -0.39 is 0 Å². The van der Waals surface area contributed by atoms with Gasteiger partial charge < -0.3 is 10.8 Å². The van der Waals surface area contributed by atoms with Gasteiger partial charge >= 0.3 is 0 Å². The van der Waals surface area contributed by atoms with Gasteiger partial charge in [0.05, 0.1) is 6.10 Å². The van der Waals surface area contributed by atoms with Crippen LogP contribution in [0.25, 0.3) is 10.8 Å². The van der Waals surface area contributed by atoms with Gasteiger partial charge in [-0.25, -0.2) is 0 Å². The summed E-state index contributed by atoms with van der Waals surface area (Å²) in [5, 5.41) is 17.9. The number of nitrogens with two attached hydrogens (primary N) is 1. The van der Waals surface area contributed by atoms with Crippen molar-refractivity contribution in [3.63, 3.8) is 0 Å². The number of hydrogen-bond donors (Lipinski definition) is 2. The van der Waals surface area contributed by atoms with Crippen molar-refractivity contribution in [2.75, 3.05) is 5.73 Å². The van der Waals surface area contributed by atoms with Gasteiger partial charge in [-0.05, 0) is 18.9 Å². The zero-order valence-electron chi connectivity index (χ0n) is 9.88. The molecule has 1 aliphatic carbocycles. The molecule has 0 bridgehead atoms. The molecule has 3 rings (SSSR count). The molecule has 3 N–H and O–H groups in total. The van der Waals surface area contributed by atoms with Crippen molar-refractivity contribution in [2.24, 2.45) is 0 Å². The number of anilines is 1. The van der Waals surface area contributed by atoms with E-state index in [4.69, 9.17) is 22.4 Å². The molecular weight excluding hydrogens is 252 g/mol. The molecule has 2 aromatic rings. The normalized spacial score (nSPS) is 15.4. The third-order valence-corrected chi connectivity index (χ3v) is 3.17. The number of halogens is 1. The van der Waals surface area contributed by atoms with E-state index in [2.05, 4.69) is 15.2 Å². The molecule has 5 nitrogen and oxygen atoms in total. The summed E-state index contributed by atoms with van der Waals surface area (Å²) < 4.78 is 0. The van der Waals surface area contributed by atoms with Crippen LogP contribution in [0.5, 0.6) is 0 Å². The van der Waals surface area contributed by atoms with Gasteiger partial charge in [0.15, 0.2) is 11.0 Å². The second-order valence-corrected chi connectivity index (χ2v) is 4.59. The lowest BCUT2D eigenvalue weighted by atomic mass is 10.2. The average molecular weight is 267 g/mol. The number of nitrogens with zero attached hydrogens (tertiary/aromatic N) is 3. The van der Waals surface area contributed by atoms with E-state index in [0.717, 1.165) is 23.6 Å². The molecule has 1 fully saturated rings. The van der Waals surface area contributed by atoms with E-state index in [-0.39, 0.29) is 6.10 Å². The number of pyridine rings is 1. The van der Waals surface area contributed by atoms with Crippen LogP contribution in [-0.2, 0) is 0 Å². The van der Waals surface area contributed by atoms with E-state index in [1.54, 1.807) is 18.5 Å².